The average Bonchev–Trinajstić information content (AvgIpc) is 2.84. The van der Waals surface area contributed by atoms with E-state index in [4.69, 9.17) is 5.73 Å². The highest BCUT2D eigenvalue weighted by atomic mass is 19.1. The highest BCUT2D eigenvalue weighted by molar-refractivity contribution is 5.60. The number of hydrogen-bond donors (Lipinski definition) is 1. The van der Waals surface area contributed by atoms with Gasteiger partial charge in [-0.3, -0.25) is 0 Å². The Hall–Kier alpha value is -2.08. The lowest BCUT2D eigenvalue weighted by molar-refractivity contribution is 0.584. The number of halogens is 2. The lowest BCUT2D eigenvalue weighted by Crippen LogP contribution is -2.27. The maximum atomic E-state index is 13.2. The Bertz CT molecular complexity index is 595. The molecule has 0 spiro atoms. The van der Waals surface area contributed by atoms with Crippen LogP contribution < -0.4 is 10.6 Å². The quantitative estimate of drug-likeness (QED) is 0.911. The second kappa shape index (κ2) is 5.13. The molecule has 0 radical (unpaired) electrons. The van der Waals surface area contributed by atoms with Gasteiger partial charge in [0, 0.05) is 30.8 Å². The van der Waals surface area contributed by atoms with Gasteiger partial charge in [-0.15, -0.1) is 10.2 Å². The minimum absolute atomic E-state index is 0.161. The van der Waals surface area contributed by atoms with E-state index in [-0.39, 0.29) is 6.04 Å². The van der Waals surface area contributed by atoms with Crippen molar-refractivity contribution in [2.75, 3.05) is 18.0 Å². The Labute approximate surface area is 115 Å². The third-order valence-electron chi connectivity index (χ3n) is 3.36. The largest absolute Gasteiger partial charge is 0.354 e. The number of benzene rings is 1. The first-order valence-electron chi connectivity index (χ1n) is 6.42. The number of anilines is 1. The maximum absolute atomic E-state index is 13.2. The van der Waals surface area contributed by atoms with Gasteiger partial charge in [0.05, 0.1) is 5.69 Å². The van der Waals surface area contributed by atoms with Gasteiger partial charge in [0.15, 0.2) is 5.82 Å². The minimum atomic E-state index is -0.628. The summed E-state index contributed by atoms with van der Waals surface area (Å²) >= 11 is 0. The van der Waals surface area contributed by atoms with Crippen LogP contribution in [0.5, 0.6) is 0 Å². The van der Waals surface area contributed by atoms with Crippen molar-refractivity contribution in [3.8, 4) is 11.3 Å². The van der Waals surface area contributed by atoms with E-state index in [1.807, 2.05) is 4.90 Å². The van der Waals surface area contributed by atoms with E-state index in [0.29, 0.717) is 11.3 Å². The smallest absolute Gasteiger partial charge is 0.151 e. The second-order valence-electron chi connectivity index (χ2n) is 4.93. The monoisotopic (exact) mass is 276 g/mol. The molecule has 1 aromatic carbocycles. The molecular weight excluding hydrogens is 262 g/mol. The zero-order valence-corrected chi connectivity index (χ0v) is 10.8. The molecule has 1 atom stereocenters. The highest BCUT2D eigenvalue weighted by Gasteiger charge is 2.20. The molecule has 4 nitrogen and oxygen atoms in total. The summed E-state index contributed by atoms with van der Waals surface area (Å²) in [7, 11) is 0. The topological polar surface area (TPSA) is 55.0 Å². The molecule has 104 valence electrons. The molecule has 20 heavy (non-hydrogen) atoms. The fourth-order valence-electron chi connectivity index (χ4n) is 2.34. The van der Waals surface area contributed by atoms with Crippen molar-refractivity contribution in [1.29, 1.82) is 0 Å². The predicted molar refractivity (Wildman–Crippen MR) is 72.2 cm³/mol. The molecular formula is C14H14F2N4. The van der Waals surface area contributed by atoms with Gasteiger partial charge in [0.2, 0.25) is 0 Å². The number of aromatic nitrogens is 2. The number of rotatable bonds is 2. The number of nitrogens with two attached hydrogens (primary N) is 1. The van der Waals surface area contributed by atoms with E-state index >= 15 is 0 Å². The summed E-state index contributed by atoms with van der Waals surface area (Å²) in [5.41, 5.74) is 6.66. The van der Waals surface area contributed by atoms with Crippen molar-refractivity contribution >= 4 is 5.82 Å². The summed E-state index contributed by atoms with van der Waals surface area (Å²) < 4.78 is 26.3. The summed E-state index contributed by atoms with van der Waals surface area (Å²) in [5, 5.41) is 8.14. The molecule has 1 saturated heterocycles. The van der Waals surface area contributed by atoms with Crippen LogP contribution in [0.4, 0.5) is 14.6 Å². The van der Waals surface area contributed by atoms with Crippen LogP contribution >= 0.6 is 0 Å². The van der Waals surface area contributed by atoms with E-state index in [2.05, 4.69) is 10.2 Å². The van der Waals surface area contributed by atoms with Crippen LogP contribution in [0, 0.1) is 11.6 Å². The standard InChI is InChI=1S/C14H14F2N4/c15-10-5-9(6-11(16)7-10)13-1-2-14(19-18-13)20-4-3-12(17)8-20/h1-2,5-7,12H,3-4,8,17H2. The van der Waals surface area contributed by atoms with Crippen molar-refractivity contribution in [3.05, 3.63) is 42.0 Å². The van der Waals surface area contributed by atoms with Crippen LogP contribution in [-0.4, -0.2) is 29.3 Å². The first-order chi connectivity index (χ1) is 9.61. The van der Waals surface area contributed by atoms with Crippen molar-refractivity contribution in [3.63, 3.8) is 0 Å². The minimum Gasteiger partial charge on any atom is -0.354 e. The zero-order valence-electron chi connectivity index (χ0n) is 10.8. The second-order valence-corrected chi connectivity index (χ2v) is 4.93. The molecule has 6 heteroatoms. The summed E-state index contributed by atoms with van der Waals surface area (Å²) in [4.78, 5) is 2.05. The highest BCUT2D eigenvalue weighted by Crippen LogP contribution is 2.22. The van der Waals surface area contributed by atoms with Gasteiger partial charge >= 0.3 is 0 Å². The number of nitrogens with zero attached hydrogens (tertiary/aromatic N) is 3. The van der Waals surface area contributed by atoms with Gasteiger partial charge in [-0.05, 0) is 30.7 Å². The van der Waals surface area contributed by atoms with Crippen LogP contribution in [0.2, 0.25) is 0 Å². The zero-order chi connectivity index (χ0) is 14.1. The Kier molecular flexibility index (Phi) is 3.31. The molecule has 3 rings (SSSR count). The Morgan fingerprint density at radius 1 is 1.10 bits per heavy atom. The molecule has 0 bridgehead atoms. The molecule has 2 N–H and O–H groups in total. The van der Waals surface area contributed by atoms with Crippen molar-refractivity contribution < 1.29 is 8.78 Å². The molecule has 1 aromatic heterocycles. The Morgan fingerprint density at radius 2 is 1.85 bits per heavy atom. The summed E-state index contributed by atoms with van der Waals surface area (Å²) in [6.07, 6.45) is 0.929. The van der Waals surface area contributed by atoms with Crippen LogP contribution in [0.15, 0.2) is 30.3 Å². The van der Waals surface area contributed by atoms with Crippen molar-refractivity contribution in [2.24, 2.45) is 5.73 Å². The predicted octanol–water partition coefficient (Wildman–Crippen LogP) is 1.96. The molecule has 0 saturated carbocycles. The SMILES string of the molecule is NC1CCN(c2ccc(-c3cc(F)cc(F)c3)nn2)C1. The van der Waals surface area contributed by atoms with Gasteiger partial charge < -0.3 is 10.6 Å². The third kappa shape index (κ3) is 2.60. The summed E-state index contributed by atoms with van der Waals surface area (Å²) in [5.74, 6) is -0.522. The van der Waals surface area contributed by atoms with Crippen LogP contribution in [0.3, 0.4) is 0 Å². The summed E-state index contributed by atoms with van der Waals surface area (Å²) in [6, 6.07) is 6.96. The van der Waals surface area contributed by atoms with Gasteiger partial charge in [-0.25, -0.2) is 8.78 Å². The van der Waals surface area contributed by atoms with E-state index in [9.17, 15) is 8.78 Å². The van der Waals surface area contributed by atoms with Gasteiger partial charge in [0.25, 0.3) is 0 Å². The van der Waals surface area contributed by atoms with Gasteiger partial charge in [0.1, 0.15) is 11.6 Å². The summed E-state index contributed by atoms with van der Waals surface area (Å²) in [6.45, 7) is 1.60. The molecule has 2 aromatic rings. The third-order valence-corrected chi connectivity index (χ3v) is 3.36. The Morgan fingerprint density at radius 3 is 2.40 bits per heavy atom. The maximum Gasteiger partial charge on any atom is 0.151 e. The first-order valence-corrected chi connectivity index (χ1v) is 6.42. The van der Waals surface area contributed by atoms with Crippen LogP contribution in [-0.2, 0) is 0 Å². The average molecular weight is 276 g/mol. The first kappa shape index (κ1) is 12.9. The van der Waals surface area contributed by atoms with E-state index < -0.39 is 11.6 Å². The molecule has 1 aliphatic rings. The fraction of sp³-hybridized carbons (Fsp3) is 0.286. The lowest BCUT2D eigenvalue weighted by Gasteiger charge is -2.15. The molecule has 2 heterocycles. The molecule has 0 aliphatic carbocycles. The van der Waals surface area contributed by atoms with Crippen molar-refractivity contribution in [1.82, 2.24) is 10.2 Å². The lowest BCUT2D eigenvalue weighted by atomic mass is 10.1. The van der Waals surface area contributed by atoms with Gasteiger partial charge in [-0.2, -0.15) is 0 Å². The fourth-order valence-corrected chi connectivity index (χ4v) is 2.34. The molecule has 0 amide bonds. The molecule has 1 unspecified atom stereocenters. The Balaban J connectivity index is 1.85. The van der Waals surface area contributed by atoms with E-state index in [0.717, 1.165) is 31.4 Å². The van der Waals surface area contributed by atoms with Crippen LogP contribution in [0.1, 0.15) is 6.42 Å². The number of hydrogen-bond acceptors (Lipinski definition) is 4. The van der Waals surface area contributed by atoms with Gasteiger partial charge in [-0.1, -0.05) is 0 Å². The molecule has 1 fully saturated rings. The van der Waals surface area contributed by atoms with E-state index in [1.54, 1.807) is 12.1 Å². The normalized spacial score (nSPS) is 18.6. The van der Waals surface area contributed by atoms with E-state index in [1.165, 1.54) is 12.1 Å². The van der Waals surface area contributed by atoms with Crippen LogP contribution in [0.25, 0.3) is 11.3 Å². The molecule has 1 aliphatic heterocycles. The van der Waals surface area contributed by atoms with Crippen molar-refractivity contribution in [2.45, 2.75) is 12.5 Å².